The first-order valence-electron chi connectivity index (χ1n) is 11.9. The molecule has 4 aliphatic rings. The van der Waals surface area contributed by atoms with Crippen molar-refractivity contribution in [2.75, 3.05) is 20.6 Å². The van der Waals surface area contributed by atoms with Crippen LogP contribution < -0.4 is 9.47 Å². The monoisotopic (exact) mass is 308 g/mol. The average Bonchev–Trinajstić information content (AvgIpc) is 2.99. The van der Waals surface area contributed by atoms with Crippen molar-refractivity contribution in [1.29, 1.82) is 0 Å². The molecule has 2 fully saturated rings. The number of carbonyl (C=O) groups excluding carboxylic acids is 1. The molecule has 0 amide bonds. The van der Waals surface area contributed by atoms with E-state index in [9.17, 15) is 7.54 Å². The summed E-state index contributed by atoms with van der Waals surface area (Å²) < 4.78 is 88.8. The van der Waals surface area contributed by atoms with Crippen molar-refractivity contribution in [1.82, 2.24) is 4.90 Å². The largest absolute Gasteiger partial charge is 0.493 e. The first-order chi connectivity index (χ1) is 14.2. The van der Waals surface area contributed by atoms with Gasteiger partial charge < -0.3 is 14.4 Å². The molecule has 2 aliphatic carbocycles. The van der Waals surface area contributed by atoms with Crippen LogP contribution in [-0.2, 0) is 16.6 Å². The summed E-state index contributed by atoms with van der Waals surface area (Å²) in [6.45, 7) is -3.12. The standard InChI is InChI=1S/C18H21NO3/c1-19-8-7-18-11-4-5-13(20)17(18)22-16-14(21-2)6-3-10(15(16)18)9-12(11)19/h3,6,11-12,17H,4-5,7-9H2,1-2H3/t11-,12+,17?,18-/m0/s1/i1D3,3D,6D,9D2,11D,12D. The van der Waals surface area contributed by atoms with E-state index in [0.29, 0.717) is 0 Å². The van der Waals surface area contributed by atoms with Crippen molar-refractivity contribution in [3.05, 3.63) is 23.2 Å². The van der Waals surface area contributed by atoms with Crippen LogP contribution >= 0.6 is 0 Å². The predicted octanol–water partition coefficient (Wildman–Crippen LogP) is 1.93. The lowest BCUT2D eigenvalue weighted by Crippen LogP contribution is -2.65. The lowest BCUT2D eigenvalue weighted by atomic mass is 9.52. The lowest BCUT2D eigenvalue weighted by molar-refractivity contribution is -0.138. The molecule has 5 rings (SSSR count). The Balaban J connectivity index is 1.99. The van der Waals surface area contributed by atoms with Crippen molar-refractivity contribution in [3.8, 4) is 11.5 Å². The van der Waals surface area contributed by atoms with E-state index in [1.165, 1.54) is 7.11 Å². The van der Waals surface area contributed by atoms with E-state index >= 15 is 0 Å². The van der Waals surface area contributed by atoms with E-state index < -0.39 is 48.9 Å². The number of likely N-dealkylation sites (tertiary alicyclic amines) is 1. The van der Waals surface area contributed by atoms with Crippen LogP contribution in [0.3, 0.4) is 0 Å². The quantitative estimate of drug-likeness (QED) is 0.795. The molecule has 2 heterocycles. The summed E-state index contributed by atoms with van der Waals surface area (Å²) in [5, 5.41) is 0. The highest BCUT2D eigenvalue weighted by molar-refractivity contribution is 5.89. The molecule has 4 nitrogen and oxygen atoms in total. The maximum Gasteiger partial charge on any atom is 0.174 e. The topological polar surface area (TPSA) is 38.8 Å². The molecule has 0 N–H and O–H groups in total. The Morgan fingerprint density at radius 2 is 2.55 bits per heavy atom. The van der Waals surface area contributed by atoms with Crippen LogP contribution in [0, 0.1) is 5.89 Å². The van der Waals surface area contributed by atoms with Crippen molar-refractivity contribution in [3.63, 3.8) is 0 Å². The summed E-state index contributed by atoms with van der Waals surface area (Å²) in [7, 11) is 1.28. The van der Waals surface area contributed by atoms with E-state index in [2.05, 4.69) is 0 Å². The van der Waals surface area contributed by atoms with Gasteiger partial charge in [0.25, 0.3) is 0 Å². The Kier molecular flexibility index (Phi) is 1.27. The van der Waals surface area contributed by atoms with Gasteiger partial charge in [0.15, 0.2) is 23.4 Å². The number of nitrogens with zero attached hydrogens (tertiary/aromatic N) is 1. The van der Waals surface area contributed by atoms with Crippen LogP contribution in [0.4, 0.5) is 0 Å². The number of hydrogen-bond donors (Lipinski definition) is 0. The third kappa shape index (κ3) is 1.27. The average molecular weight is 308 g/mol. The number of likely N-dealkylation sites (N-methyl/N-ethyl adjacent to an activating group) is 1. The Morgan fingerprint density at radius 3 is 3.36 bits per heavy atom. The number of carbonyl (C=O) groups is 1. The Labute approximate surface area is 143 Å². The highest BCUT2D eigenvalue weighted by atomic mass is 16.5. The fourth-order valence-corrected chi connectivity index (χ4v) is 4.40. The van der Waals surface area contributed by atoms with Gasteiger partial charge in [-0.3, -0.25) is 4.79 Å². The third-order valence-electron chi connectivity index (χ3n) is 5.30. The Morgan fingerprint density at radius 1 is 1.64 bits per heavy atom. The summed E-state index contributed by atoms with van der Waals surface area (Å²) in [6, 6.07) is -3.66. The molecule has 0 radical (unpaired) electrons. The number of piperidine rings is 1. The third-order valence-corrected chi connectivity index (χ3v) is 5.30. The molecule has 0 aromatic heterocycles. The zero-order valence-electron chi connectivity index (χ0n) is 21.1. The summed E-state index contributed by atoms with van der Waals surface area (Å²) >= 11 is 0. The zero-order valence-corrected chi connectivity index (χ0v) is 12.1. The number of benzene rings is 1. The number of ketones is 1. The smallest absolute Gasteiger partial charge is 0.174 e. The summed E-state index contributed by atoms with van der Waals surface area (Å²) in [5.41, 5.74) is -1.73. The van der Waals surface area contributed by atoms with Crippen molar-refractivity contribution in [2.45, 2.75) is 43.2 Å². The van der Waals surface area contributed by atoms with Crippen LogP contribution in [0.25, 0.3) is 0 Å². The molecule has 4 atom stereocenters. The first-order valence-corrected chi connectivity index (χ1v) is 7.41. The molecule has 1 aromatic rings. The molecule has 2 bridgehead atoms. The van der Waals surface area contributed by atoms with Gasteiger partial charge in [0.05, 0.1) is 9.85 Å². The van der Waals surface area contributed by atoms with E-state index in [1.54, 1.807) is 0 Å². The van der Waals surface area contributed by atoms with E-state index in [0.717, 1.165) is 4.90 Å². The molecule has 1 saturated heterocycles. The van der Waals surface area contributed by atoms with Gasteiger partial charge in [-0.2, -0.15) is 0 Å². The number of Topliss-reactive ketones (excluding diaryl/α,β-unsaturated/α-hetero) is 1. The molecule has 2 aliphatic heterocycles. The predicted molar refractivity (Wildman–Crippen MR) is 81.6 cm³/mol. The van der Waals surface area contributed by atoms with Crippen molar-refractivity contribution >= 4 is 5.78 Å². The van der Waals surface area contributed by atoms with Crippen LogP contribution in [0.1, 0.15) is 42.7 Å². The van der Waals surface area contributed by atoms with Gasteiger partial charge in [-0.15, -0.1) is 0 Å². The highest BCUT2D eigenvalue weighted by Gasteiger charge is 2.65. The molecule has 1 unspecified atom stereocenters. The SMILES string of the molecule is [2H]c1c([2H])c2c3c(c1OC)OC1C(=O)CC[C@]4([2H])[C@@]31CCN(C([2H])([2H])[2H])[C@]4([2H])C2([2H])[2H]. The maximum atomic E-state index is 13.0. The van der Waals surface area contributed by atoms with Gasteiger partial charge in [0.1, 0.15) is 0 Å². The fraction of sp³-hybridized carbons (Fsp3) is 0.611. The van der Waals surface area contributed by atoms with Gasteiger partial charge in [-0.25, -0.2) is 0 Å². The van der Waals surface area contributed by atoms with Crippen molar-refractivity contribution < 1.29 is 26.6 Å². The molecule has 116 valence electrons. The molecule has 1 spiro atoms. The maximum absolute atomic E-state index is 13.0. The van der Waals surface area contributed by atoms with Crippen molar-refractivity contribution in [2.24, 2.45) is 5.89 Å². The number of rotatable bonds is 1. The van der Waals surface area contributed by atoms with E-state index in [4.69, 9.17) is 19.1 Å². The minimum absolute atomic E-state index is 0.0258. The number of ether oxygens (including phenoxy) is 2. The number of methoxy groups -OCH3 is 1. The van der Waals surface area contributed by atoms with Crippen LogP contribution in [-0.4, -0.2) is 43.4 Å². The van der Waals surface area contributed by atoms with Crippen LogP contribution in [0.15, 0.2) is 12.1 Å². The van der Waals surface area contributed by atoms with Gasteiger partial charge in [-0.1, -0.05) is 6.04 Å². The summed E-state index contributed by atoms with van der Waals surface area (Å²) in [5.74, 6) is -2.52. The molecule has 1 aromatic carbocycles. The molecule has 22 heavy (non-hydrogen) atoms. The Bertz CT molecular complexity index is 1040. The number of hydrogen-bond acceptors (Lipinski definition) is 4. The van der Waals surface area contributed by atoms with Crippen LogP contribution in [0.5, 0.6) is 11.5 Å². The van der Waals surface area contributed by atoms with Gasteiger partial charge in [0, 0.05) is 33.0 Å². The van der Waals surface area contributed by atoms with Gasteiger partial charge in [0.2, 0.25) is 0 Å². The molecular formula is C18H21NO3. The van der Waals surface area contributed by atoms with E-state index in [1.807, 2.05) is 0 Å². The van der Waals surface area contributed by atoms with Gasteiger partial charge >= 0.3 is 0 Å². The zero-order chi connectivity index (χ0) is 22.9. The fourth-order valence-electron chi connectivity index (χ4n) is 4.40. The first kappa shape index (κ1) is 6.91. The Hall–Kier alpha value is -1.55. The second-order valence-electron chi connectivity index (χ2n) is 6.15. The highest BCUT2D eigenvalue weighted by Crippen LogP contribution is 2.62. The molecule has 4 heteroatoms. The molecule has 1 saturated carbocycles. The second-order valence-corrected chi connectivity index (χ2v) is 6.15. The molecular weight excluding hydrogens is 278 g/mol. The minimum Gasteiger partial charge on any atom is -0.493 e. The summed E-state index contributed by atoms with van der Waals surface area (Å²) in [4.78, 5) is 13.7. The van der Waals surface area contributed by atoms with Gasteiger partial charge in [-0.05, 0) is 50.2 Å². The lowest BCUT2D eigenvalue weighted by Gasteiger charge is -2.57. The summed E-state index contributed by atoms with van der Waals surface area (Å²) in [6.07, 6.45) is -4.42. The normalized spacial score (nSPS) is 54.0. The second kappa shape index (κ2) is 4.05. The van der Waals surface area contributed by atoms with Crippen LogP contribution in [0.2, 0.25) is 0 Å². The van der Waals surface area contributed by atoms with E-state index in [-0.39, 0.29) is 54.2 Å². The minimum atomic E-state index is -2.88.